The van der Waals surface area contributed by atoms with Crippen LogP contribution in [0.3, 0.4) is 0 Å². The zero-order chi connectivity index (χ0) is 28.6. The van der Waals surface area contributed by atoms with Crippen molar-refractivity contribution in [1.82, 2.24) is 0 Å². The lowest BCUT2D eigenvalue weighted by Crippen LogP contribution is -2.53. The van der Waals surface area contributed by atoms with Crippen LogP contribution in [0.15, 0.2) is 23.3 Å². The molecule has 6 fully saturated rings. The highest BCUT2D eigenvalue weighted by atomic mass is 16.6. The molecular weight excluding hydrogens is 512 g/mol. The van der Waals surface area contributed by atoms with Gasteiger partial charge in [-0.1, -0.05) is 38.3 Å². The Morgan fingerprint density at radius 3 is 2.56 bits per heavy atom. The van der Waals surface area contributed by atoms with Crippen molar-refractivity contribution in [3.63, 3.8) is 0 Å². The molecule has 41 heavy (non-hydrogen) atoms. The smallest absolute Gasteiger partial charge is 0.293 e. The van der Waals surface area contributed by atoms with E-state index in [9.17, 15) is 14.4 Å². The minimum atomic E-state index is -0.434. The summed E-state index contributed by atoms with van der Waals surface area (Å²) in [5, 5.41) is 0. The number of hydrogen-bond acceptors (Lipinski definition) is 5. The van der Waals surface area contributed by atoms with Gasteiger partial charge < -0.3 is 9.47 Å². The third kappa shape index (κ3) is 3.42. The number of ether oxygens (including phenoxy) is 2. The van der Waals surface area contributed by atoms with Crippen molar-refractivity contribution < 1.29 is 23.9 Å². The molecule has 0 amide bonds. The van der Waals surface area contributed by atoms with Gasteiger partial charge in [-0.2, -0.15) is 0 Å². The molecule has 5 nitrogen and oxygen atoms in total. The molecule has 0 radical (unpaired) electrons. The summed E-state index contributed by atoms with van der Waals surface area (Å²) >= 11 is 0. The Morgan fingerprint density at radius 2 is 1.76 bits per heavy atom. The molecule has 1 aliphatic heterocycles. The van der Waals surface area contributed by atoms with Crippen molar-refractivity contribution in [2.24, 2.45) is 51.8 Å². The number of fused-ring (bicyclic) bond motifs is 6. The van der Waals surface area contributed by atoms with Gasteiger partial charge in [-0.05, 0) is 124 Å². The Balaban J connectivity index is 1.14. The topological polar surface area (TPSA) is 73.0 Å². The lowest BCUT2D eigenvalue weighted by molar-refractivity contribution is -0.157. The van der Waals surface area contributed by atoms with Crippen LogP contribution in [0.4, 0.5) is 0 Å². The van der Waals surface area contributed by atoms with Gasteiger partial charge in [-0.15, -0.1) is 0 Å². The highest BCUT2D eigenvalue weighted by molar-refractivity contribution is 5.92. The molecule has 5 saturated carbocycles. The monoisotopic (exact) mass is 560 g/mol. The molecule has 12 atom stereocenters. The van der Waals surface area contributed by atoms with E-state index in [2.05, 4.69) is 33.8 Å². The van der Waals surface area contributed by atoms with Crippen LogP contribution in [0.1, 0.15) is 111 Å². The number of allylic oxidation sites excluding steroid dienone is 3. The van der Waals surface area contributed by atoms with Crippen LogP contribution < -0.4 is 0 Å². The van der Waals surface area contributed by atoms with E-state index in [1.807, 2.05) is 6.08 Å². The summed E-state index contributed by atoms with van der Waals surface area (Å²) in [6.07, 6.45) is 17.6. The summed E-state index contributed by atoms with van der Waals surface area (Å²) in [6, 6.07) is 0. The van der Waals surface area contributed by atoms with Gasteiger partial charge >= 0.3 is 0 Å². The Hall–Kier alpha value is -1.75. The largest absolute Gasteiger partial charge is 0.461 e. The standard InChI is InChI=1S/C36H48O5/c1-21-5-7-27-26-8-6-24(38)14-22(26)16-35(28(27)13-21)18-30(35)29-15-25(39)10-11-32(29,2)36-17-23-9-12-34(4,40-20-37)33(23,3)19-31(36)41-36/h14-15,20-21,23,26-28,30-31H,5-13,16-19H2,1-4H3/t21-,23+,26?,27?,28?,30+,31?,32+,33+,34+,35+,36+/m1/s1. The Kier molecular flexibility index (Phi) is 5.53. The minimum Gasteiger partial charge on any atom is -0.461 e. The van der Waals surface area contributed by atoms with Gasteiger partial charge in [-0.25, -0.2) is 0 Å². The van der Waals surface area contributed by atoms with Gasteiger partial charge in [0.2, 0.25) is 0 Å². The van der Waals surface area contributed by atoms with Gasteiger partial charge in [-0.3, -0.25) is 14.4 Å². The van der Waals surface area contributed by atoms with Crippen LogP contribution in [-0.2, 0) is 23.9 Å². The van der Waals surface area contributed by atoms with E-state index >= 15 is 0 Å². The van der Waals surface area contributed by atoms with E-state index in [1.165, 1.54) is 36.8 Å². The number of ketones is 2. The van der Waals surface area contributed by atoms with E-state index in [0.29, 0.717) is 48.3 Å². The van der Waals surface area contributed by atoms with E-state index in [1.54, 1.807) is 0 Å². The van der Waals surface area contributed by atoms with Crippen LogP contribution in [0, 0.1) is 51.8 Å². The molecule has 0 aromatic carbocycles. The van der Waals surface area contributed by atoms with Crippen molar-refractivity contribution in [2.45, 2.75) is 128 Å². The van der Waals surface area contributed by atoms with Gasteiger partial charge in [0.1, 0.15) is 11.2 Å². The summed E-state index contributed by atoms with van der Waals surface area (Å²) < 4.78 is 12.7. The first-order chi connectivity index (χ1) is 19.5. The summed E-state index contributed by atoms with van der Waals surface area (Å²) in [5.41, 5.74) is 2.17. The fourth-order valence-electron chi connectivity index (χ4n) is 12.4. The van der Waals surface area contributed by atoms with Crippen molar-refractivity contribution >= 4 is 18.0 Å². The van der Waals surface area contributed by atoms with E-state index < -0.39 is 5.60 Å². The highest BCUT2D eigenvalue weighted by Gasteiger charge is 2.78. The second-order valence-electron chi connectivity index (χ2n) is 16.6. The van der Waals surface area contributed by atoms with Gasteiger partial charge in [0, 0.05) is 23.7 Å². The summed E-state index contributed by atoms with van der Waals surface area (Å²) in [6.45, 7) is 9.97. The summed E-state index contributed by atoms with van der Waals surface area (Å²) in [4.78, 5) is 37.2. The predicted molar refractivity (Wildman–Crippen MR) is 155 cm³/mol. The third-order valence-corrected chi connectivity index (χ3v) is 15.1. The number of hydrogen-bond donors (Lipinski definition) is 0. The van der Waals surface area contributed by atoms with Crippen molar-refractivity contribution in [2.75, 3.05) is 0 Å². The summed E-state index contributed by atoms with van der Waals surface area (Å²) in [5.74, 6) is 4.24. The van der Waals surface area contributed by atoms with Crippen LogP contribution >= 0.6 is 0 Å². The molecule has 8 aliphatic rings. The molecule has 1 saturated heterocycles. The van der Waals surface area contributed by atoms with Gasteiger partial charge in [0.05, 0.1) is 6.10 Å². The molecule has 0 aromatic rings. The second-order valence-corrected chi connectivity index (χ2v) is 16.6. The lowest BCUT2D eigenvalue weighted by atomic mass is 9.51. The average Bonchev–Trinajstić information content (AvgIpc) is 3.81. The second kappa shape index (κ2) is 8.45. The first-order valence-corrected chi connectivity index (χ1v) is 16.8. The molecule has 5 heteroatoms. The number of carbonyl (C=O) groups is 3. The van der Waals surface area contributed by atoms with Crippen molar-refractivity contribution in [3.05, 3.63) is 23.3 Å². The number of carbonyl (C=O) groups excluding carboxylic acids is 3. The third-order valence-electron chi connectivity index (χ3n) is 15.1. The average molecular weight is 561 g/mol. The lowest BCUT2D eigenvalue weighted by Gasteiger charge is -2.52. The van der Waals surface area contributed by atoms with Crippen LogP contribution in [0.25, 0.3) is 0 Å². The first kappa shape index (κ1) is 26.8. The molecule has 1 heterocycles. The van der Waals surface area contributed by atoms with Crippen LogP contribution in [0.2, 0.25) is 0 Å². The molecule has 4 unspecified atom stereocenters. The van der Waals surface area contributed by atoms with Crippen molar-refractivity contribution in [1.29, 1.82) is 0 Å². The zero-order valence-corrected chi connectivity index (χ0v) is 25.5. The van der Waals surface area contributed by atoms with Crippen LogP contribution in [-0.4, -0.2) is 35.3 Å². The van der Waals surface area contributed by atoms with Crippen molar-refractivity contribution in [3.8, 4) is 0 Å². The molecule has 7 aliphatic carbocycles. The normalized spacial score (nSPS) is 55.2. The molecule has 0 aromatic heterocycles. The van der Waals surface area contributed by atoms with Gasteiger partial charge in [0.15, 0.2) is 11.6 Å². The van der Waals surface area contributed by atoms with E-state index in [0.717, 1.165) is 57.3 Å². The number of epoxide rings is 1. The van der Waals surface area contributed by atoms with Crippen LogP contribution in [0.5, 0.6) is 0 Å². The Bertz CT molecular complexity index is 1280. The highest BCUT2D eigenvalue weighted by Crippen LogP contribution is 2.78. The summed E-state index contributed by atoms with van der Waals surface area (Å²) in [7, 11) is 0. The van der Waals surface area contributed by atoms with E-state index in [4.69, 9.17) is 9.47 Å². The van der Waals surface area contributed by atoms with E-state index in [-0.39, 0.29) is 33.7 Å². The molecule has 222 valence electrons. The SMILES string of the molecule is C[C@@H]1CCC2C3CCC(=O)C=C3C[C@]3(C[C@H]3C3=CC(=O)CC[C@]3(C)[C@]34C[C@@H]5CC[C@](C)(OC=O)[C@@]5(C)CC3O4)C2C1. The molecule has 0 N–H and O–H groups in total. The Labute approximate surface area is 245 Å². The minimum absolute atomic E-state index is 0.0755. The quantitative estimate of drug-likeness (QED) is 0.275. The zero-order valence-electron chi connectivity index (χ0n) is 25.5. The molecule has 1 spiro atoms. The molecule has 8 rings (SSSR count). The molecular formula is C36H48O5. The fourth-order valence-corrected chi connectivity index (χ4v) is 12.4. The fraction of sp³-hybridized carbons (Fsp3) is 0.806. The van der Waals surface area contributed by atoms with Gasteiger partial charge in [0.25, 0.3) is 6.47 Å². The Morgan fingerprint density at radius 1 is 0.951 bits per heavy atom. The maximum Gasteiger partial charge on any atom is 0.293 e. The first-order valence-electron chi connectivity index (χ1n) is 16.8. The maximum atomic E-state index is 13.1. The maximum absolute atomic E-state index is 13.1. The number of rotatable bonds is 4. The molecule has 0 bridgehead atoms. The predicted octanol–water partition coefficient (Wildman–Crippen LogP) is 6.93.